The molecule has 74 valence electrons. The van der Waals surface area contributed by atoms with E-state index in [0.29, 0.717) is 11.5 Å². The summed E-state index contributed by atoms with van der Waals surface area (Å²) in [6.45, 7) is 0. The number of aromatic nitrogens is 1. The van der Waals surface area contributed by atoms with Crippen molar-refractivity contribution in [3.05, 3.63) is 41.1 Å². The number of para-hydroxylation sites is 1. The van der Waals surface area contributed by atoms with Gasteiger partial charge in [-0.05, 0) is 28.1 Å². The quantitative estimate of drug-likeness (QED) is 0.670. The molecule has 0 saturated heterocycles. The number of nitrogens with zero attached hydrogens (tertiary/aromatic N) is 1. The van der Waals surface area contributed by atoms with E-state index in [4.69, 9.17) is 8.94 Å². The topological polar surface area (TPSA) is 39.2 Å². The molecule has 0 amide bonds. The fourth-order valence-corrected chi connectivity index (χ4v) is 1.96. The summed E-state index contributed by atoms with van der Waals surface area (Å²) in [6, 6.07) is 9.61. The Bertz CT molecular complexity index is 598. The Kier molecular flexibility index (Phi) is 1.89. The van der Waals surface area contributed by atoms with Gasteiger partial charge in [-0.15, -0.1) is 0 Å². The first kappa shape index (κ1) is 8.73. The summed E-state index contributed by atoms with van der Waals surface area (Å²) in [5, 5.41) is 4.87. The summed E-state index contributed by atoms with van der Waals surface area (Å²) in [6.07, 6.45) is 1.53. The molecule has 0 saturated carbocycles. The minimum absolute atomic E-state index is 0.707. The van der Waals surface area contributed by atoms with Crippen molar-refractivity contribution < 1.29 is 8.94 Å². The molecule has 0 aliphatic rings. The zero-order valence-electron chi connectivity index (χ0n) is 7.61. The maximum absolute atomic E-state index is 5.67. The van der Waals surface area contributed by atoms with Crippen LogP contribution in [0, 0.1) is 0 Å². The van der Waals surface area contributed by atoms with Crippen molar-refractivity contribution in [1.82, 2.24) is 5.16 Å². The Balaban J connectivity index is 2.27. The minimum atomic E-state index is 0.707. The first-order valence-corrected chi connectivity index (χ1v) is 5.23. The third-order valence-corrected chi connectivity index (χ3v) is 2.81. The van der Waals surface area contributed by atoms with E-state index in [1.807, 2.05) is 24.3 Å². The highest BCUT2D eigenvalue weighted by atomic mass is 79.9. The number of fused-ring (bicyclic) bond motifs is 1. The van der Waals surface area contributed by atoms with Crippen molar-refractivity contribution in [3.63, 3.8) is 0 Å². The molecule has 3 rings (SSSR count). The summed E-state index contributed by atoms with van der Waals surface area (Å²) in [5.74, 6) is 0.714. The molecular weight excluding hydrogens is 258 g/mol. The standard InChI is InChI=1S/C11H6BrNO2/c12-8-3-1-2-7-6-10(15-11(7)8)9-4-5-14-13-9/h1-6H. The Morgan fingerprint density at radius 2 is 2.13 bits per heavy atom. The van der Waals surface area contributed by atoms with Gasteiger partial charge in [0, 0.05) is 11.5 Å². The summed E-state index contributed by atoms with van der Waals surface area (Å²) in [7, 11) is 0. The molecule has 3 aromatic rings. The first-order chi connectivity index (χ1) is 7.34. The molecule has 0 N–H and O–H groups in total. The van der Waals surface area contributed by atoms with Crippen LogP contribution in [0.25, 0.3) is 22.4 Å². The zero-order chi connectivity index (χ0) is 10.3. The second kappa shape index (κ2) is 3.24. The van der Waals surface area contributed by atoms with E-state index < -0.39 is 0 Å². The summed E-state index contributed by atoms with van der Waals surface area (Å²) < 4.78 is 11.4. The van der Waals surface area contributed by atoms with E-state index in [9.17, 15) is 0 Å². The van der Waals surface area contributed by atoms with E-state index in [-0.39, 0.29) is 0 Å². The molecule has 0 radical (unpaired) electrons. The second-order valence-corrected chi connectivity index (χ2v) is 4.01. The van der Waals surface area contributed by atoms with Gasteiger partial charge in [0.2, 0.25) is 0 Å². The molecule has 0 bridgehead atoms. The lowest BCUT2D eigenvalue weighted by molar-refractivity contribution is 0.420. The lowest BCUT2D eigenvalue weighted by atomic mass is 10.2. The first-order valence-electron chi connectivity index (χ1n) is 4.43. The van der Waals surface area contributed by atoms with E-state index in [1.54, 1.807) is 6.07 Å². The van der Waals surface area contributed by atoms with Crippen LogP contribution >= 0.6 is 15.9 Å². The zero-order valence-corrected chi connectivity index (χ0v) is 9.19. The van der Waals surface area contributed by atoms with Crippen molar-refractivity contribution >= 4 is 26.9 Å². The van der Waals surface area contributed by atoms with Gasteiger partial charge in [0.25, 0.3) is 0 Å². The second-order valence-electron chi connectivity index (χ2n) is 3.15. The fraction of sp³-hybridized carbons (Fsp3) is 0. The van der Waals surface area contributed by atoms with Gasteiger partial charge in [0.05, 0.1) is 4.47 Å². The van der Waals surface area contributed by atoms with Gasteiger partial charge in [-0.2, -0.15) is 0 Å². The molecule has 4 heteroatoms. The van der Waals surface area contributed by atoms with Crippen molar-refractivity contribution in [2.75, 3.05) is 0 Å². The van der Waals surface area contributed by atoms with Crippen LogP contribution in [0.15, 0.2) is 50.0 Å². The molecule has 0 aliphatic heterocycles. The van der Waals surface area contributed by atoms with Gasteiger partial charge in [0.1, 0.15) is 17.5 Å². The van der Waals surface area contributed by atoms with Crippen LogP contribution in [-0.4, -0.2) is 5.16 Å². The number of benzene rings is 1. The highest BCUT2D eigenvalue weighted by molar-refractivity contribution is 9.10. The molecule has 0 aliphatic carbocycles. The van der Waals surface area contributed by atoms with E-state index >= 15 is 0 Å². The summed E-state index contributed by atoms with van der Waals surface area (Å²) >= 11 is 3.44. The van der Waals surface area contributed by atoms with Crippen LogP contribution in [-0.2, 0) is 0 Å². The molecule has 0 unspecified atom stereocenters. The average molecular weight is 264 g/mol. The maximum atomic E-state index is 5.67. The molecule has 3 nitrogen and oxygen atoms in total. The molecule has 0 fully saturated rings. The van der Waals surface area contributed by atoms with Crippen molar-refractivity contribution in [1.29, 1.82) is 0 Å². The van der Waals surface area contributed by atoms with Gasteiger partial charge < -0.3 is 8.94 Å². The van der Waals surface area contributed by atoms with Crippen LogP contribution in [0.4, 0.5) is 0 Å². The summed E-state index contributed by atoms with van der Waals surface area (Å²) in [4.78, 5) is 0. The highest BCUT2D eigenvalue weighted by Crippen LogP contribution is 2.31. The molecule has 1 aromatic carbocycles. The lowest BCUT2D eigenvalue weighted by Crippen LogP contribution is -1.68. The van der Waals surface area contributed by atoms with E-state index in [1.165, 1.54) is 6.26 Å². The largest absolute Gasteiger partial charge is 0.453 e. The SMILES string of the molecule is Brc1cccc2cc(-c3ccon3)oc12. The van der Waals surface area contributed by atoms with Crippen molar-refractivity contribution in [2.24, 2.45) is 0 Å². The number of hydrogen-bond acceptors (Lipinski definition) is 3. The van der Waals surface area contributed by atoms with Crippen molar-refractivity contribution in [3.8, 4) is 11.5 Å². The Morgan fingerprint density at radius 3 is 2.87 bits per heavy atom. The molecular formula is C11H6BrNO2. The van der Waals surface area contributed by atoms with Gasteiger partial charge in [0.15, 0.2) is 5.76 Å². The van der Waals surface area contributed by atoms with E-state index in [2.05, 4.69) is 21.1 Å². The smallest absolute Gasteiger partial charge is 0.157 e. The Hall–Kier alpha value is -1.55. The number of hydrogen-bond donors (Lipinski definition) is 0. The predicted molar refractivity (Wildman–Crippen MR) is 59.4 cm³/mol. The van der Waals surface area contributed by atoms with Crippen molar-refractivity contribution in [2.45, 2.75) is 0 Å². The number of furan rings is 1. The monoisotopic (exact) mass is 263 g/mol. The van der Waals surface area contributed by atoms with Gasteiger partial charge in [-0.1, -0.05) is 17.3 Å². The molecule has 0 spiro atoms. The molecule has 2 heterocycles. The molecule has 0 atom stereocenters. The molecule has 2 aromatic heterocycles. The van der Waals surface area contributed by atoms with Crippen LogP contribution in [0.3, 0.4) is 0 Å². The number of halogens is 1. The predicted octanol–water partition coefficient (Wildman–Crippen LogP) is 3.85. The highest BCUT2D eigenvalue weighted by Gasteiger charge is 2.09. The van der Waals surface area contributed by atoms with Gasteiger partial charge in [-0.3, -0.25) is 0 Å². The van der Waals surface area contributed by atoms with E-state index in [0.717, 1.165) is 15.4 Å². The number of rotatable bonds is 1. The van der Waals surface area contributed by atoms with Crippen LogP contribution in [0.2, 0.25) is 0 Å². The molecule has 15 heavy (non-hydrogen) atoms. The third-order valence-electron chi connectivity index (χ3n) is 2.19. The average Bonchev–Trinajstić information content (AvgIpc) is 2.86. The fourth-order valence-electron chi connectivity index (χ4n) is 1.49. The Morgan fingerprint density at radius 1 is 1.20 bits per heavy atom. The van der Waals surface area contributed by atoms with Crippen LogP contribution in [0.5, 0.6) is 0 Å². The maximum Gasteiger partial charge on any atom is 0.157 e. The normalized spacial score (nSPS) is 11.0. The van der Waals surface area contributed by atoms with Gasteiger partial charge >= 0.3 is 0 Å². The van der Waals surface area contributed by atoms with Gasteiger partial charge in [-0.25, -0.2) is 0 Å². The lowest BCUT2D eigenvalue weighted by Gasteiger charge is -1.89. The van der Waals surface area contributed by atoms with Crippen LogP contribution in [0.1, 0.15) is 0 Å². The Labute approximate surface area is 93.8 Å². The minimum Gasteiger partial charge on any atom is -0.453 e. The third kappa shape index (κ3) is 1.37. The summed E-state index contributed by atoms with van der Waals surface area (Å²) in [5.41, 5.74) is 1.54. The van der Waals surface area contributed by atoms with Crippen LogP contribution < -0.4 is 0 Å².